The lowest BCUT2D eigenvalue weighted by Gasteiger charge is -2.10. The molecule has 7 N–H and O–H groups in total. The minimum atomic E-state index is -1.57. The van der Waals surface area contributed by atoms with Crippen molar-refractivity contribution in [3.8, 4) is 0 Å². The number of carbonyl (C=O) groups excluding carboxylic acids is 1. The zero-order chi connectivity index (χ0) is 19.2. The van der Waals surface area contributed by atoms with Crippen LogP contribution in [0.1, 0.15) is 11.9 Å². The first-order chi connectivity index (χ1) is 13.1. The largest absolute Gasteiger partial charge is 0.412 e. The molecule has 2 aromatic carbocycles. The summed E-state index contributed by atoms with van der Waals surface area (Å²) in [5, 5.41) is 2.55. The van der Waals surface area contributed by atoms with Crippen LogP contribution in [0.25, 0.3) is 0 Å². The molecular weight excluding hydrogens is 421 g/mol. The fraction of sp³-hybridized carbons (Fsp3) is 0. The van der Waals surface area contributed by atoms with Gasteiger partial charge in [0.15, 0.2) is 22.5 Å². The summed E-state index contributed by atoms with van der Waals surface area (Å²) in [6.07, 6.45) is 1.34. The first-order valence-electron chi connectivity index (χ1n) is 7.69. The summed E-state index contributed by atoms with van der Waals surface area (Å²) in [5.41, 5.74) is 0.694. The predicted molar refractivity (Wildman–Crippen MR) is 113 cm³/mol. The van der Waals surface area contributed by atoms with Crippen LogP contribution in [0.15, 0.2) is 76.7 Å². The van der Waals surface area contributed by atoms with Crippen LogP contribution < -0.4 is 10.0 Å². The Morgan fingerprint density at radius 1 is 1.03 bits per heavy atom. The van der Waals surface area contributed by atoms with E-state index in [1.54, 1.807) is 48.5 Å². The molecule has 0 fully saturated rings. The second-order valence-electron chi connectivity index (χ2n) is 5.27. The highest BCUT2D eigenvalue weighted by molar-refractivity contribution is 7.94. The topological polar surface area (TPSA) is 154 Å². The third-order valence-corrected chi connectivity index (χ3v) is 5.33. The lowest BCUT2D eigenvalue weighted by molar-refractivity contribution is 0.101. The Kier molecular flexibility index (Phi) is 9.38. The molecule has 0 aliphatic carbocycles. The maximum Gasteiger partial charge on any atom is 0.277 e. The molecule has 1 unspecified atom stereocenters. The molecule has 0 saturated carbocycles. The number of amides is 1. The van der Waals surface area contributed by atoms with Crippen LogP contribution in [-0.4, -0.2) is 30.6 Å². The lowest BCUT2D eigenvalue weighted by atomic mass is 10.2. The molecule has 0 aliphatic heterocycles. The van der Waals surface area contributed by atoms with Crippen LogP contribution in [-0.2, 0) is 11.0 Å². The molecule has 3 aromatic rings. The molecule has 1 atom stereocenters. The van der Waals surface area contributed by atoms with Crippen LogP contribution in [0.2, 0.25) is 0 Å². The van der Waals surface area contributed by atoms with E-state index in [0.717, 1.165) is 6.07 Å². The van der Waals surface area contributed by atoms with Gasteiger partial charge in [0.1, 0.15) is 0 Å². The molecule has 0 aliphatic rings. The van der Waals surface area contributed by atoms with Crippen LogP contribution in [0.3, 0.4) is 0 Å². The normalized spacial score (nSPS) is 10.8. The SMILES string of the molecule is O.O.O=C(Nc1ccc(NS(=O)c2ccccc2SO)cc1)c1ncccc1F.[HH]. The Morgan fingerprint density at radius 3 is 2.34 bits per heavy atom. The highest BCUT2D eigenvalue weighted by atomic mass is 32.2. The van der Waals surface area contributed by atoms with E-state index < -0.39 is 22.7 Å². The van der Waals surface area contributed by atoms with Gasteiger partial charge in [-0.2, -0.15) is 0 Å². The summed E-state index contributed by atoms with van der Waals surface area (Å²) in [5.74, 6) is -1.37. The van der Waals surface area contributed by atoms with E-state index in [9.17, 15) is 17.9 Å². The first kappa shape index (κ1) is 24.2. The van der Waals surface area contributed by atoms with Crippen molar-refractivity contribution < 1.29 is 30.3 Å². The van der Waals surface area contributed by atoms with Crippen molar-refractivity contribution in [3.05, 3.63) is 78.4 Å². The van der Waals surface area contributed by atoms with Gasteiger partial charge in [-0.25, -0.2) is 13.6 Å². The molecule has 0 saturated heterocycles. The fourth-order valence-electron chi connectivity index (χ4n) is 2.21. The quantitative estimate of drug-likeness (QED) is 0.502. The van der Waals surface area contributed by atoms with E-state index >= 15 is 0 Å². The minimum absolute atomic E-state index is 0. The maximum absolute atomic E-state index is 13.6. The van der Waals surface area contributed by atoms with E-state index in [1.165, 1.54) is 12.3 Å². The number of benzene rings is 2. The van der Waals surface area contributed by atoms with E-state index in [-0.39, 0.29) is 18.1 Å². The predicted octanol–water partition coefficient (Wildman–Crippen LogP) is 2.77. The summed E-state index contributed by atoms with van der Waals surface area (Å²) in [7, 11) is -1.57. The standard InChI is InChI=1S/C18H14FN3O3S2.2H2O.H2/c19-14-4-3-11-20-17(14)18(23)21-12-7-9-13(10-8-12)22-27(25)16-6-2-1-5-15(16)26-24;;;/h1-11,22,24H,(H,21,23);2*1H2;1H. The molecule has 0 radical (unpaired) electrons. The molecular formula is C18H20FN3O5S2. The molecule has 1 amide bonds. The smallest absolute Gasteiger partial charge is 0.277 e. The average Bonchev–Trinajstić information content (AvgIpc) is 2.69. The zero-order valence-corrected chi connectivity index (χ0v) is 16.4. The van der Waals surface area contributed by atoms with Gasteiger partial charge in [0.05, 0.1) is 9.79 Å². The molecule has 1 heterocycles. The monoisotopic (exact) mass is 441 g/mol. The zero-order valence-electron chi connectivity index (χ0n) is 14.8. The molecule has 156 valence electrons. The number of hydrogen-bond donors (Lipinski definition) is 3. The van der Waals surface area contributed by atoms with Crippen molar-refractivity contribution in [2.24, 2.45) is 0 Å². The van der Waals surface area contributed by atoms with Crippen molar-refractivity contribution >= 4 is 40.3 Å². The van der Waals surface area contributed by atoms with E-state index in [2.05, 4.69) is 15.0 Å². The van der Waals surface area contributed by atoms with E-state index in [0.29, 0.717) is 33.2 Å². The molecule has 1 aromatic heterocycles. The number of nitrogens with one attached hydrogen (secondary N) is 2. The number of hydrogen-bond acceptors (Lipinski definition) is 5. The third kappa shape index (κ3) is 6.07. The second kappa shape index (κ2) is 11.2. The van der Waals surface area contributed by atoms with Gasteiger partial charge in [-0.3, -0.25) is 4.79 Å². The number of rotatable bonds is 6. The Bertz CT molecular complexity index is 996. The van der Waals surface area contributed by atoms with Crippen molar-refractivity contribution in [3.63, 3.8) is 0 Å². The molecule has 3 rings (SSSR count). The highest BCUT2D eigenvalue weighted by Gasteiger charge is 2.13. The van der Waals surface area contributed by atoms with Crippen molar-refractivity contribution in [1.82, 2.24) is 4.98 Å². The van der Waals surface area contributed by atoms with Crippen LogP contribution >= 0.6 is 12.0 Å². The van der Waals surface area contributed by atoms with Gasteiger partial charge in [-0.1, -0.05) is 12.1 Å². The number of anilines is 2. The average molecular weight is 442 g/mol. The van der Waals surface area contributed by atoms with Gasteiger partial charge in [0.2, 0.25) is 0 Å². The number of halogens is 1. The molecule has 29 heavy (non-hydrogen) atoms. The van der Waals surface area contributed by atoms with Crippen LogP contribution in [0.5, 0.6) is 0 Å². The Hall–Kier alpha value is -2.83. The Morgan fingerprint density at radius 2 is 1.69 bits per heavy atom. The van der Waals surface area contributed by atoms with E-state index in [1.807, 2.05) is 0 Å². The maximum atomic E-state index is 13.6. The van der Waals surface area contributed by atoms with Crippen molar-refractivity contribution in [2.45, 2.75) is 9.79 Å². The van der Waals surface area contributed by atoms with Gasteiger partial charge < -0.3 is 25.5 Å². The summed E-state index contributed by atoms with van der Waals surface area (Å²) in [4.78, 5) is 16.7. The first-order valence-corrected chi connectivity index (χ1v) is 9.61. The van der Waals surface area contributed by atoms with E-state index in [4.69, 9.17) is 0 Å². The summed E-state index contributed by atoms with van der Waals surface area (Å²) < 4.78 is 38.1. The molecule has 8 nitrogen and oxygen atoms in total. The third-order valence-electron chi connectivity index (χ3n) is 3.47. The van der Waals surface area contributed by atoms with Gasteiger partial charge in [0, 0.05) is 31.0 Å². The number of carbonyl (C=O) groups is 1. The van der Waals surface area contributed by atoms with Gasteiger partial charge in [0.25, 0.3) is 5.91 Å². The fourth-order valence-corrected chi connectivity index (χ4v) is 3.75. The number of nitrogens with zero attached hydrogens (tertiary/aromatic N) is 1. The van der Waals surface area contributed by atoms with Gasteiger partial charge in [-0.15, -0.1) is 0 Å². The Labute approximate surface area is 174 Å². The molecule has 11 heteroatoms. The van der Waals surface area contributed by atoms with Crippen molar-refractivity contribution in [2.75, 3.05) is 10.0 Å². The molecule has 0 spiro atoms. The van der Waals surface area contributed by atoms with Gasteiger partial charge >= 0.3 is 0 Å². The number of pyridine rings is 1. The highest BCUT2D eigenvalue weighted by Crippen LogP contribution is 2.24. The summed E-state index contributed by atoms with van der Waals surface area (Å²) in [6.45, 7) is 0. The Balaban J connectivity index is 0.00000280. The summed E-state index contributed by atoms with van der Waals surface area (Å²) in [6, 6.07) is 15.8. The van der Waals surface area contributed by atoms with Crippen LogP contribution in [0.4, 0.5) is 15.8 Å². The molecule has 0 bridgehead atoms. The van der Waals surface area contributed by atoms with Crippen molar-refractivity contribution in [1.29, 1.82) is 0 Å². The second-order valence-corrected chi connectivity index (χ2v) is 7.08. The van der Waals surface area contributed by atoms with Gasteiger partial charge in [-0.05, 0) is 48.5 Å². The minimum Gasteiger partial charge on any atom is -0.412 e. The lowest BCUT2D eigenvalue weighted by Crippen LogP contribution is -2.15. The van der Waals surface area contributed by atoms with Crippen LogP contribution in [0, 0.1) is 5.82 Å². The number of aromatic nitrogens is 1. The summed E-state index contributed by atoms with van der Waals surface area (Å²) >= 11 is 0.526.